The minimum atomic E-state index is -0.0561. The van der Waals surface area contributed by atoms with Crippen molar-refractivity contribution in [3.05, 3.63) is 18.0 Å². The summed E-state index contributed by atoms with van der Waals surface area (Å²) < 4.78 is 5.10. The SMILES string of the molecule is CCOc1nccc(C(=O)C(C)C)n1. The molecule has 1 rings (SSSR count). The zero-order valence-corrected chi connectivity index (χ0v) is 8.65. The zero-order chi connectivity index (χ0) is 10.6. The topological polar surface area (TPSA) is 52.1 Å². The third-order valence-electron chi connectivity index (χ3n) is 1.68. The van der Waals surface area contributed by atoms with Crippen LogP contribution >= 0.6 is 0 Å². The molecule has 4 nitrogen and oxygen atoms in total. The molecule has 0 aromatic carbocycles. The van der Waals surface area contributed by atoms with Crippen LogP contribution in [0.1, 0.15) is 31.3 Å². The highest BCUT2D eigenvalue weighted by molar-refractivity contribution is 5.95. The van der Waals surface area contributed by atoms with Gasteiger partial charge < -0.3 is 4.74 Å². The van der Waals surface area contributed by atoms with E-state index >= 15 is 0 Å². The number of hydrogen-bond donors (Lipinski definition) is 0. The molecular formula is C10H14N2O2. The second-order valence-corrected chi connectivity index (χ2v) is 3.18. The quantitative estimate of drug-likeness (QED) is 0.685. The van der Waals surface area contributed by atoms with Gasteiger partial charge in [-0.25, -0.2) is 4.98 Å². The average Bonchev–Trinajstić information content (AvgIpc) is 2.17. The van der Waals surface area contributed by atoms with Crippen molar-refractivity contribution in [3.63, 3.8) is 0 Å². The lowest BCUT2D eigenvalue weighted by atomic mass is 10.1. The maximum atomic E-state index is 11.6. The smallest absolute Gasteiger partial charge is 0.316 e. The summed E-state index contributed by atoms with van der Waals surface area (Å²) in [4.78, 5) is 19.4. The third-order valence-corrected chi connectivity index (χ3v) is 1.68. The lowest BCUT2D eigenvalue weighted by Crippen LogP contribution is -2.11. The van der Waals surface area contributed by atoms with Gasteiger partial charge in [0, 0.05) is 12.1 Å². The van der Waals surface area contributed by atoms with Crippen molar-refractivity contribution in [3.8, 4) is 6.01 Å². The van der Waals surface area contributed by atoms with Gasteiger partial charge in [0.15, 0.2) is 5.78 Å². The molecule has 0 N–H and O–H groups in total. The van der Waals surface area contributed by atoms with Crippen molar-refractivity contribution in [2.45, 2.75) is 20.8 Å². The summed E-state index contributed by atoms with van der Waals surface area (Å²) in [6.45, 7) is 6.02. The monoisotopic (exact) mass is 194 g/mol. The van der Waals surface area contributed by atoms with E-state index in [4.69, 9.17) is 4.74 Å². The molecule has 0 bridgehead atoms. The van der Waals surface area contributed by atoms with E-state index in [1.807, 2.05) is 20.8 Å². The second kappa shape index (κ2) is 4.69. The first-order chi connectivity index (χ1) is 6.65. The Bertz CT molecular complexity index is 324. The Labute approximate surface area is 83.3 Å². The van der Waals surface area contributed by atoms with Gasteiger partial charge in [-0.1, -0.05) is 13.8 Å². The van der Waals surface area contributed by atoms with E-state index < -0.39 is 0 Å². The Morgan fingerprint density at radius 2 is 2.29 bits per heavy atom. The molecule has 0 aliphatic heterocycles. The van der Waals surface area contributed by atoms with Crippen LogP contribution in [0.15, 0.2) is 12.3 Å². The fourth-order valence-corrected chi connectivity index (χ4v) is 0.972. The van der Waals surface area contributed by atoms with Gasteiger partial charge in [-0.2, -0.15) is 4.98 Å². The molecule has 0 amide bonds. The predicted octanol–water partition coefficient (Wildman–Crippen LogP) is 1.71. The van der Waals surface area contributed by atoms with E-state index in [1.165, 1.54) is 6.20 Å². The van der Waals surface area contributed by atoms with Crippen molar-refractivity contribution in [2.75, 3.05) is 6.61 Å². The Kier molecular flexibility index (Phi) is 3.56. The van der Waals surface area contributed by atoms with Crippen molar-refractivity contribution in [1.82, 2.24) is 9.97 Å². The van der Waals surface area contributed by atoms with Crippen LogP contribution in [0.3, 0.4) is 0 Å². The number of ketones is 1. The van der Waals surface area contributed by atoms with Crippen LogP contribution in [0.5, 0.6) is 6.01 Å². The largest absolute Gasteiger partial charge is 0.464 e. The number of carbonyl (C=O) groups is 1. The highest BCUT2D eigenvalue weighted by atomic mass is 16.5. The fraction of sp³-hybridized carbons (Fsp3) is 0.500. The fourth-order valence-electron chi connectivity index (χ4n) is 0.972. The van der Waals surface area contributed by atoms with Gasteiger partial charge in [-0.15, -0.1) is 0 Å². The normalized spacial score (nSPS) is 10.3. The van der Waals surface area contributed by atoms with E-state index in [1.54, 1.807) is 6.07 Å². The van der Waals surface area contributed by atoms with Crippen LogP contribution < -0.4 is 4.74 Å². The lowest BCUT2D eigenvalue weighted by molar-refractivity contribution is 0.0933. The molecule has 76 valence electrons. The van der Waals surface area contributed by atoms with Gasteiger partial charge in [0.2, 0.25) is 0 Å². The highest BCUT2D eigenvalue weighted by Gasteiger charge is 2.12. The third kappa shape index (κ3) is 2.52. The number of ether oxygens (including phenoxy) is 1. The molecule has 0 fully saturated rings. The number of hydrogen-bond acceptors (Lipinski definition) is 4. The van der Waals surface area contributed by atoms with Crippen LogP contribution in [0, 0.1) is 5.92 Å². The minimum absolute atomic E-state index is 0.00773. The Morgan fingerprint density at radius 1 is 1.57 bits per heavy atom. The summed E-state index contributed by atoms with van der Waals surface area (Å²) in [6, 6.07) is 1.87. The molecule has 0 spiro atoms. The molecule has 4 heteroatoms. The van der Waals surface area contributed by atoms with E-state index in [0.29, 0.717) is 12.3 Å². The van der Waals surface area contributed by atoms with E-state index in [9.17, 15) is 4.79 Å². The van der Waals surface area contributed by atoms with E-state index in [0.717, 1.165) is 0 Å². The van der Waals surface area contributed by atoms with Gasteiger partial charge in [-0.3, -0.25) is 4.79 Å². The molecule has 1 aromatic rings. The van der Waals surface area contributed by atoms with E-state index in [2.05, 4.69) is 9.97 Å². The van der Waals surface area contributed by atoms with Gasteiger partial charge >= 0.3 is 6.01 Å². The molecule has 0 aliphatic rings. The van der Waals surface area contributed by atoms with Crippen LogP contribution in [0.25, 0.3) is 0 Å². The van der Waals surface area contributed by atoms with Gasteiger partial charge in [-0.05, 0) is 13.0 Å². The molecule has 14 heavy (non-hydrogen) atoms. The first kappa shape index (κ1) is 10.6. The van der Waals surface area contributed by atoms with Gasteiger partial charge in [0.05, 0.1) is 6.61 Å². The van der Waals surface area contributed by atoms with Crippen LogP contribution in [0.2, 0.25) is 0 Å². The predicted molar refractivity (Wildman–Crippen MR) is 52.4 cm³/mol. The summed E-state index contributed by atoms with van der Waals surface area (Å²) in [5.41, 5.74) is 0.415. The first-order valence-corrected chi connectivity index (χ1v) is 4.65. The Morgan fingerprint density at radius 3 is 2.86 bits per heavy atom. The van der Waals surface area contributed by atoms with Gasteiger partial charge in [0.1, 0.15) is 5.69 Å². The molecular weight excluding hydrogens is 180 g/mol. The van der Waals surface area contributed by atoms with Crippen LogP contribution in [-0.4, -0.2) is 22.4 Å². The number of rotatable bonds is 4. The molecule has 1 aromatic heterocycles. The Hall–Kier alpha value is -1.45. The second-order valence-electron chi connectivity index (χ2n) is 3.18. The summed E-state index contributed by atoms with van der Waals surface area (Å²) in [6.07, 6.45) is 1.54. The first-order valence-electron chi connectivity index (χ1n) is 4.65. The molecule has 0 aliphatic carbocycles. The molecule has 0 atom stereocenters. The summed E-state index contributed by atoms with van der Waals surface area (Å²) >= 11 is 0. The van der Waals surface area contributed by atoms with Gasteiger partial charge in [0.25, 0.3) is 0 Å². The molecule has 0 unspecified atom stereocenters. The summed E-state index contributed by atoms with van der Waals surface area (Å²) in [7, 11) is 0. The number of Topliss-reactive ketones (excluding diaryl/α,β-unsaturated/α-hetero) is 1. The van der Waals surface area contributed by atoms with Crippen molar-refractivity contribution in [2.24, 2.45) is 5.92 Å². The molecule has 1 heterocycles. The maximum absolute atomic E-state index is 11.6. The lowest BCUT2D eigenvalue weighted by Gasteiger charge is -2.04. The maximum Gasteiger partial charge on any atom is 0.316 e. The van der Waals surface area contributed by atoms with Crippen LogP contribution in [0.4, 0.5) is 0 Å². The minimum Gasteiger partial charge on any atom is -0.464 e. The average molecular weight is 194 g/mol. The van der Waals surface area contributed by atoms with Crippen molar-refractivity contribution in [1.29, 1.82) is 0 Å². The number of aromatic nitrogens is 2. The molecule has 0 saturated carbocycles. The number of nitrogens with zero attached hydrogens (tertiary/aromatic N) is 2. The highest BCUT2D eigenvalue weighted by Crippen LogP contribution is 2.08. The standard InChI is InChI=1S/C10H14N2O2/c1-4-14-10-11-6-5-8(12-10)9(13)7(2)3/h5-7H,4H2,1-3H3. The Balaban J connectivity index is 2.88. The van der Waals surface area contributed by atoms with Crippen molar-refractivity contribution >= 4 is 5.78 Å². The molecule has 0 saturated heterocycles. The summed E-state index contributed by atoms with van der Waals surface area (Å²) in [5, 5.41) is 0. The van der Waals surface area contributed by atoms with E-state index in [-0.39, 0.29) is 17.7 Å². The van der Waals surface area contributed by atoms with Crippen LogP contribution in [-0.2, 0) is 0 Å². The molecule has 0 radical (unpaired) electrons. The number of carbonyl (C=O) groups excluding carboxylic acids is 1. The van der Waals surface area contributed by atoms with Crippen molar-refractivity contribution < 1.29 is 9.53 Å². The zero-order valence-electron chi connectivity index (χ0n) is 8.65. The summed E-state index contributed by atoms with van der Waals surface area (Å²) in [5.74, 6) is -0.0484.